The summed E-state index contributed by atoms with van der Waals surface area (Å²) in [5.74, 6) is 0.481. The predicted molar refractivity (Wildman–Crippen MR) is 59.3 cm³/mol. The fraction of sp³-hybridized carbons (Fsp3) is 0.909. The van der Waals surface area contributed by atoms with Crippen LogP contribution >= 0.6 is 0 Å². The summed E-state index contributed by atoms with van der Waals surface area (Å²) in [7, 11) is 0. The fourth-order valence-electron chi connectivity index (χ4n) is 1.93. The SMILES string of the molecule is CC(C)C[C@H](N)C(=O)N1CCC(O)CC1. The topological polar surface area (TPSA) is 66.6 Å². The summed E-state index contributed by atoms with van der Waals surface area (Å²) in [5, 5.41) is 9.32. The molecule has 0 bridgehead atoms. The van der Waals surface area contributed by atoms with Crippen LogP contribution in [0.3, 0.4) is 0 Å². The van der Waals surface area contributed by atoms with Crippen LogP contribution in [-0.2, 0) is 4.79 Å². The highest BCUT2D eigenvalue weighted by Gasteiger charge is 2.25. The average molecular weight is 214 g/mol. The molecule has 1 saturated heterocycles. The number of nitrogens with zero attached hydrogens (tertiary/aromatic N) is 1. The van der Waals surface area contributed by atoms with Crippen molar-refractivity contribution in [1.29, 1.82) is 0 Å². The minimum Gasteiger partial charge on any atom is -0.393 e. The van der Waals surface area contributed by atoms with Crippen LogP contribution < -0.4 is 5.73 Å². The van der Waals surface area contributed by atoms with E-state index >= 15 is 0 Å². The van der Waals surface area contributed by atoms with Crippen molar-refractivity contribution >= 4 is 5.91 Å². The highest BCUT2D eigenvalue weighted by atomic mass is 16.3. The van der Waals surface area contributed by atoms with Gasteiger partial charge in [0.25, 0.3) is 0 Å². The molecule has 0 spiro atoms. The molecule has 1 heterocycles. The van der Waals surface area contributed by atoms with Gasteiger partial charge in [0.15, 0.2) is 0 Å². The van der Waals surface area contributed by atoms with Crippen LogP contribution in [0.2, 0.25) is 0 Å². The molecule has 88 valence electrons. The Morgan fingerprint density at radius 2 is 2.00 bits per heavy atom. The molecular formula is C11H22N2O2. The normalized spacial score (nSPS) is 20.7. The molecule has 1 atom stereocenters. The van der Waals surface area contributed by atoms with Gasteiger partial charge in [-0.25, -0.2) is 0 Å². The molecule has 0 unspecified atom stereocenters. The smallest absolute Gasteiger partial charge is 0.239 e. The summed E-state index contributed by atoms with van der Waals surface area (Å²) in [6, 6.07) is -0.375. The van der Waals surface area contributed by atoms with Crippen molar-refractivity contribution in [3.8, 4) is 0 Å². The van der Waals surface area contributed by atoms with Gasteiger partial charge in [-0.3, -0.25) is 4.79 Å². The molecule has 1 aliphatic heterocycles. The summed E-state index contributed by atoms with van der Waals surface area (Å²) in [4.78, 5) is 13.6. The van der Waals surface area contributed by atoms with E-state index in [2.05, 4.69) is 13.8 Å². The zero-order valence-electron chi connectivity index (χ0n) is 9.65. The summed E-state index contributed by atoms with van der Waals surface area (Å²) >= 11 is 0. The van der Waals surface area contributed by atoms with Crippen LogP contribution in [0.5, 0.6) is 0 Å². The van der Waals surface area contributed by atoms with Crippen molar-refractivity contribution in [2.75, 3.05) is 13.1 Å². The third-order valence-corrected chi connectivity index (χ3v) is 2.82. The number of amides is 1. The molecule has 0 aromatic carbocycles. The maximum atomic E-state index is 11.9. The quantitative estimate of drug-likeness (QED) is 0.712. The monoisotopic (exact) mass is 214 g/mol. The van der Waals surface area contributed by atoms with Gasteiger partial charge in [-0.2, -0.15) is 0 Å². The Bertz CT molecular complexity index is 211. The first-order valence-corrected chi connectivity index (χ1v) is 5.73. The number of hydrogen-bond donors (Lipinski definition) is 2. The minimum absolute atomic E-state index is 0.0376. The molecule has 0 aliphatic carbocycles. The molecular weight excluding hydrogens is 192 g/mol. The van der Waals surface area contributed by atoms with Crippen LogP contribution in [0.15, 0.2) is 0 Å². The number of aliphatic hydroxyl groups is 1. The Kier molecular flexibility index (Phi) is 4.54. The summed E-state index contributed by atoms with van der Waals surface area (Å²) < 4.78 is 0. The van der Waals surface area contributed by atoms with E-state index in [0.717, 1.165) is 6.42 Å². The summed E-state index contributed by atoms with van der Waals surface area (Å²) in [6.45, 7) is 5.41. The van der Waals surface area contributed by atoms with Crippen molar-refractivity contribution in [3.63, 3.8) is 0 Å². The molecule has 3 N–H and O–H groups in total. The molecule has 1 fully saturated rings. The number of hydrogen-bond acceptors (Lipinski definition) is 3. The largest absolute Gasteiger partial charge is 0.393 e. The Balaban J connectivity index is 2.39. The van der Waals surface area contributed by atoms with E-state index < -0.39 is 0 Å². The van der Waals surface area contributed by atoms with Crippen LogP contribution in [-0.4, -0.2) is 41.1 Å². The summed E-state index contributed by atoms with van der Waals surface area (Å²) in [6.07, 6.45) is 1.86. The van der Waals surface area contributed by atoms with E-state index in [0.29, 0.717) is 31.8 Å². The second-order valence-electron chi connectivity index (χ2n) is 4.79. The number of rotatable bonds is 3. The zero-order valence-corrected chi connectivity index (χ0v) is 9.65. The van der Waals surface area contributed by atoms with E-state index in [1.54, 1.807) is 4.90 Å². The number of carbonyl (C=O) groups is 1. The zero-order chi connectivity index (χ0) is 11.4. The first-order chi connectivity index (χ1) is 7.00. The van der Waals surface area contributed by atoms with Gasteiger partial charge in [0.05, 0.1) is 12.1 Å². The first kappa shape index (κ1) is 12.5. The third-order valence-electron chi connectivity index (χ3n) is 2.82. The van der Waals surface area contributed by atoms with Gasteiger partial charge in [-0.05, 0) is 25.2 Å². The Hall–Kier alpha value is -0.610. The number of carbonyl (C=O) groups excluding carboxylic acids is 1. The van der Waals surface area contributed by atoms with Crippen molar-refractivity contribution in [3.05, 3.63) is 0 Å². The lowest BCUT2D eigenvalue weighted by molar-refractivity contribution is -0.134. The molecule has 15 heavy (non-hydrogen) atoms. The third kappa shape index (κ3) is 3.80. The molecule has 4 nitrogen and oxygen atoms in total. The molecule has 1 aliphatic rings. The van der Waals surface area contributed by atoms with E-state index in [4.69, 9.17) is 5.73 Å². The Morgan fingerprint density at radius 3 is 2.47 bits per heavy atom. The highest BCUT2D eigenvalue weighted by Crippen LogP contribution is 2.13. The van der Waals surface area contributed by atoms with E-state index in [1.807, 2.05) is 0 Å². The lowest BCUT2D eigenvalue weighted by Crippen LogP contribution is -2.48. The van der Waals surface area contributed by atoms with E-state index in [1.165, 1.54) is 0 Å². The van der Waals surface area contributed by atoms with Gasteiger partial charge in [0, 0.05) is 13.1 Å². The maximum absolute atomic E-state index is 11.9. The van der Waals surface area contributed by atoms with Gasteiger partial charge in [0.2, 0.25) is 5.91 Å². The van der Waals surface area contributed by atoms with Crippen molar-refractivity contribution < 1.29 is 9.90 Å². The second-order valence-corrected chi connectivity index (χ2v) is 4.79. The van der Waals surface area contributed by atoms with Crippen LogP contribution in [0.25, 0.3) is 0 Å². The highest BCUT2D eigenvalue weighted by molar-refractivity contribution is 5.81. The molecule has 1 rings (SSSR count). The van der Waals surface area contributed by atoms with Gasteiger partial charge in [-0.1, -0.05) is 13.8 Å². The molecule has 4 heteroatoms. The first-order valence-electron chi connectivity index (χ1n) is 5.73. The van der Waals surface area contributed by atoms with Crippen LogP contribution in [0.1, 0.15) is 33.1 Å². The number of nitrogens with two attached hydrogens (primary N) is 1. The Morgan fingerprint density at radius 1 is 1.47 bits per heavy atom. The van der Waals surface area contributed by atoms with Crippen molar-refractivity contribution in [1.82, 2.24) is 4.90 Å². The van der Waals surface area contributed by atoms with Crippen LogP contribution in [0, 0.1) is 5.92 Å². The van der Waals surface area contributed by atoms with Gasteiger partial charge >= 0.3 is 0 Å². The molecule has 0 aromatic rings. The number of piperidine rings is 1. The second kappa shape index (κ2) is 5.47. The fourth-order valence-corrected chi connectivity index (χ4v) is 1.93. The van der Waals surface area contributed by atoms with Crippen molar-refractivity contribution in [2.45, 2.75) is 45.3 Å². The van der Waals surface area contributed by atoms with E-state index in [-0.39, 0.29) is 18.1 Å². The lowest BCUT2D eigenvalue weighted by atomic mass is 10.0. The van der Waals surface area contributed by atoms with E-state index in [9.17, 15) is 9.90 Å². The standard InChI is InChI=1S/C11H22N2O2/c1-8(2)7-10(12)11(15)13-5-3-9(14)4-6-13/h8-10,14H,3-7,12H2,1-2H3/t10-/m0/s1. The minimum atomic E-state index is -0.375. The number of aliphatic hydroxyl groups excluding tert-OH is 1. The Labute approximate surface area is 91.4 Å². The van der Waals surface area contributed by atoms with Crippen molar-refractivity contribution in [2.24, 2.45) is 11.7 Å². The summed E-state index contributed by atoms with van der Waals surface area (Å²) in [5.41, 5.74) is 5.83. The van der Waals surface area contributed by atoms with Gasteiger partial charge in [-0.15, -0.1) is 0 Å². The molecule has 0 radical (unpaired) electrons. The molecule has 1 amide bonds. The maximum Gasteiger partial charge on any atom is 0.239 e. The van der Waals surface area contributed by atoms with Crippen LogP contribution in [0.4, 0.5) is 0 Å². The lowest BCUT2D eigenvalue weighted by Gasteiger charge is -2.31. The molecule has 0 aromatic heterocycles. The number of likely N-dealkylation sites (tertiary alicyclic amines) is 1. The van der Waals surface area contributed by atoms with Gasteiger partial charge < -0.3 is 15.7 Å². The van der Waals surface area contributed by atoms with Gasteiger partial charge in [0.1, 0.15) is 0 Å². The average Bonchev–Trinajstić information content (AvgIpc) is 2.17. The molecule has 0 saturated carbocycles. The predicted octanol–water partition coefficient (Wildman–Crippen LogP) is 0.343.